The molecule has 3 heterocycles. The molecule has 0 radical (unpaired) electrons. The molecule has 37 heavy (non-hydrogen) atoms. The molecule has 6 aromatic rings. The maximum absolute atomic E-state index is 7.87. The van der Waals surface area contributed by atoms with Crippen LogP contribution in [0, 0.1) is 6.85 Å². The number of aromatic nitrogens is 2. The Balaban J connectivity index is 1.29. The molecule has 6 nitrogen and oxygen atoms in total. The first-order chi connectivity index (χ1) is 19.4. The fraction of sp³-hybridized carbons (Fsp3) is 0.0645. The number of hydrogen-bond acceptors (Lipinski definition) is 5. The third kappa shape index (κ3) is 3.58. The van der Waals surface area contributed by atoms with Crippen LogP contribution in [0.25, 0.3) is 27.6 Å². The summed E-state index contributed by atoms with van der Waals surface area (Å²) in [4.78, 5) is 10.5. The second-order valence-electron chi connectivity index (χ2n) is 8.90. The molecule has 0 saturated heterocycles. The molecule has 180 valence electrons. The van der Waals surface area contributed by atoms with Crippen LogP contribution in [0.15, 0.2) is 109 Å². The van der Waals surface area contributed by atoms with Gasteiger partial charge < -0.3 is 4.74 Å². The Morgan fingerprint density at radius 1 is 0.757 bits per heavy atom. The largest absolute Gasteiger partial charge is 0.457 e. The Kier molecular flexibility index (Phi) is 4.19. The highest BCUT2D eigenvalue weighted by atomic mass is 16.8. The van der Waals surface area contributed by atoms with Crippen molar-refractivity contribution in [2.45, 2.75) is 6.85 Å². The summed E-state index contributed by atoms with van der Waals surface area (Å²) >= 11 is 0. The number of anilines is 3. The highest BCUT2D eigenvalue weighted by Crippen LogP contribution is 2.42. The second-order valence-corrected chi connectivity index (χ2v) is 8.90. The lowest BCUT2D eigenvalue weighted by Crippen LogP contribution is -2.20. The fourth-order valence-corrected chi connectivity index (χ4v) is 4.91. The van der Waals surface area contributed by atoms with Crippen molar-refractivity contribution in [3.05, 3.63) is 115 Å². The summed E-state index contributed by atoms with van der Waals surface area (Å²) in [5.74, 6) is 1.83. The smallest absolute Gasteiger partial charge is 0.137 e. The average Bonchev–Trinajstić information content (AvgIpc) is 3.47. The maximum atomic E-state index is 7.87. The number of aryl methyl sites for hydroxylation is 1. The second kappa shape index (κ2) is 8.40. The topological polar surface area (TPSA) is 42.8 Å². The first-order valence-electron chi connectivity index (χ1n) is 13.5. The van der Waals surface area contributed by atoms with Crippen LogP contribution in [0.1, 0.15) is 9.68 Å². The summed E-state index contributed by atoms with van der Waals surface area (Å²) in [7, 11) is 1.87. The van der Waals surface area contributed by atoms with E-state index in [2.05, 4.69) is 11.1 Å². The molecule has 0 aliphatic carbocycles. The zero-order valence-electron chi connectivity index (χ0n) is 23.0. The van der Waals surface area contributed by atoms with Gasteiger partial charge in [0.25, 0.3) is 0 Å². The van der Waals surface area contributed by atoms with E-state index in [0.29, 0.717) is 17.3 Å². The summed E-state index contributed by atoms with van der Waals surface area (Å²) in [6, 6.07) is 32.8. The molecule has 0 atom stereocenters. The van der Waals surface area contributed by atoms with Crippen molar-refractivity contribution >= 4 is 38.9 Å². The Morgan fingerprint density at radius 2 is 1.57 bits per heavy atom. The van der Waals surface area contributed by atoms with Crippen LogP contribution in [-0.4, -0.2) is 16.6 Å². The minimum Gasteiger partial charge on any atom is -0.457 e. The molecule has 0 saturated carbocycles. The Bertz CT molecular complexity index is 1900. The average molecular weight is 488 g/mol. The number of rotatable bonds is 4. The van der Waals surface area contributed by atoms with Crippen LogP contribution in [0.5, 0.6) is 11.5 Å². The number of benzene rings is 4. The lowest BCUT2D eigenvalue weighted by molar-refractivity contribution is 0.142. The number of hydrogen-bond donors (Lipinski definition) is 0. The number of pyridine rings is 1. The molecular formula is C31H24N4O2. The summed E-state index contributed by atoms with van der Waals surface area (Å²) in [6.45, 7) is -2.23. The third-order valence-electron chi connectivity index (χ3n) is 6.55. The number of para-hydroxylation sites is 3. The Hall–Kier alpha value is -4.81. The minimum atomic E-state index is -2.23. The lowest BCUT2D eigenvalue weighted by Gasteiger charge is -2.18. The monoisotopic (exact) mass is 487 g/mol. The van der Waals surface area contributed by atoms with Crippen molar-refractivity contribution < 1.29 is 13.8 Å². The van der Waals surface area contributed by atoms with Crippen LogP contribution in [0.3, 0.4) is 0 Å². The molecule has 0 bridgehead atoms. The van der Waals surface area contributed by atoms with Crippen molar-refractivity contribution in [2.24, 2.45) is 0 Å². The first kappa shape index (κ1) is 18.5. The van der Waals surface area contributed by atoms with E-state index in [1.165, 1.54) is 6.07 Å². The van der Waals surface area contributed by atoms with Gasteiger partial charge in [0.1, 0.15) is 17.3 Å². The zero-order chi connectivity index (χ0) is 27.4. The zero-order valence-corrected chi connectivity index (χ0v) is 20.0. The van der Waals surface area contributed by atoms with Crippen molar-refractivity contribution in [3.8, 4) is 17.3 Å². The van der Waals surface area contributed by atoms with Gasteiger partial charge in [0.05, 0.1) is 28.1 Å². The number of fused-ring (bicyclic) bond motifs is 4. The van der Waals surface area contributed by atoms with Crippen molar-refractivity contribution in [3.63, 3.8) is 0 Å². The predicted octanol–water partition coefficient (Wildman–Crippen LogP) is 7.71. The summed E-state index contributed by atoms with van der Waals surface area (Å²) in [5, 5.41) is 5.56. The molecule has 0 fully saturated rings. The molecule has 0 unspecified atom stereocenters. The van der Waals surface area contributed by atoms with Crippen molar-refractivity contribution in [2.75, 3.05) is 17.2 Å². The molecular weight excluding hydrogens is 460 g/mol. The van der Waals surface area contributed by atoms with Gasteiger partial charge in [-0.05, 0) is 67.0 Å². The van der Waals surface area contributed by atoms with Crippen LogP contribution in [0.4, 0.5) is 17.1 Å². The van der Waals surface area contributed by atoms with E-state index in [-0.39, 0.29) is 5.56 Å². The molecule has 6 heteroatoms. The molecule has 0 spiro atoms. The van der Waals surface area contributed by atoms with Gasteiger partial charge in [-0.3, -0.25) is 4.57 Å². The van der Waals surface area contributed by atoms with Gasteiger partial charge in [-0.1, -0.05) is 36.4 Å². The van der Waals surface area contributed by atoms with E-state index in [0.717, 1.165) is 38.9 Å². The third-order valence-corrected chi connectivity index (χ3v) is 6.55. The number of nitrogens with zero attached hydrogens (tertiary/aromatic N) is 4. The van der Waals surface area contributed by atoms with Gasteiger partial charge in [-0.2, -0.15) is 5.06 Å². The predicted molar refractivity (Wildman–Crippen MR) is 148 cm³/mol. The number of hydroxylamine groups is 1. The van der Waals surface area contributed by atoms with Gasteiger partial charge in [-0.25, -0.2) is 10.0 Å². The van der Waals surface area contributed by atoms with Gasteiger partial charge >= 0.3 is 0 Å². The van der Waals surface area contributed by atoms with E-state index < -0.39 is 6.85 Å². The van der Waals surface area contributed by atoms with Gasteiger partial charge in [-0.15, -0.1) is 4.94 Å². The minimum absolute atomic E-state index is 0.240. The summed E-state index contributed by atoms with van der Waals surface area (Å²) < 4.78 is 31.9. The van der Waals surface area contributed by atoms with Crippen LogP contribution in [-0.2, 0) is 4.94 Å². The van der Waals surface area contributed by atoms with E-state index in [9.17, 15) is 0 Å². The number of ether oxygens (including phenoxy) is 1. The molecule has 2 aromatic heterocycles. The molecule has 7 rings (SSSR count). The normalized spacial score (nSPS) is 14.5. The van der Waals surface area contributed by atoms with Gasteiger partial charge in [0, 0.05) is 40.3 Å². The van der Waals surface area contributed by atoms with Crippen molar-refractivity contribution in [1.29, 1.82) is 0 Å². The van der Waals surface area contributed by atoms with Gasteiger partial charge in [0.2, 0.25) is 0 Å². The standard InChI is InChI=1S/C31H24N4O2/c1-21-16-17-32-31(18-21)34-27-11-4-3-10-25(27)26-15-14-24(20-30(26)34)36-23-9-7-8-22(19-23)35-29-13-6-5-12-28(29)33(2)37-35/h3-20H,1-2H3/i1D3. The quantitative estimate of drug-likeness (QED) is 0.255. The van der Waals surface area contributed by atoms with Crippen molar-refractivity contribution in [1.82, 2.24) is 9.55 Å². The van der Waals surface area contributed by atoms with E-state index in [1.54, 1.807) is 22.4 Å². The van der Waals surface area contributed by atoms with E-state index in [4.69, 9.17) is 13.8 Å². The Labute approximate surface area is 218 Å². The maximum Gasteiger partial charge on any atom is 0.137 e. The first-order valence-corrected chi connectivity index (χ1v) is 12.0. The van der Waals surface area contributed by atoms with E-state index >= 15 is 0 Å². The fourth-order valence-electron chi connectivity index (χ4n) is 4.91. The van der Waals surface area contributed by atoms with Gasteiger partial charge in [0.15, 0.2) is 0 Å². The van der Waals surface area contributed by atoms with Crippen LogP contribution >= 0.6 is 0 Å². The molecule has 0 N–H and O–H groups in total. The SMILES string of the molecule is [2H]C([2H])([2H])c1ccnc(-n2c3ccccc3c3ccc(Oc4cccc(N5ON(C)c6ccccc65)c4)cc32)c1. The Morgan fingerprint density at radius 3 is 2.49 bits per heavy atom. The summed E-state index contributed by atoms with van der Waals surface area (Å²) in [5.41, 5.74) is 4.78. The summed E-state index contributed by atoms with van der Waals surface area (Å²) in [6.07, 6.45) is 1.54. The molecule has 1 aliphatic heterocycles. The molecule has 0 amide bonds. The lowest BCUT2D eigenvalue weighted by atomic mass is 10.1. The molecule has 4 aromatic carbocycles. The molecule has 1 aliphatic rings. The highest BCUT2D eigenvalue weighted by molar-refractivity contribution is 6.09. The highest BCUT2D eigenvalue weighted by Gasteiger charge is 2.26. The van der Waals surface area contributed by atoms with E-state index in [1.807, 2.05) is 96.5 Å². The van der Waals surface area contributed by atoms with Crippen LogP contribution in [0.2, 0.25) is 0 Å². The van der Waals surface area contributed by atoms with Crippen LogP contribution < -0.4 is 14.9 Å².